The number of aromatic nitrogens is 1. The van der Waals surface area contributed by atoms with E-state index in [1.165, 1.54) is 0 Å². The van der Waals surface area contributed by atoms with Gasteiger partial charge in [-0.3, -0.25) is 0 Å². The van der Waals surface area contributed by atoms with Crippen LogP contribution in [0.15, 0.2) is 12.1 Å². The molecule has 0 aromatic carbocycles. The van der Waals surface area contributed by atoms with E-state index < -0.39 is 0 Å². The van der Waals surface area contributed by atoms with Crippen molar-refractivity contribution in [3.05, 3.63) is 12.1 Å². The summed E-state index contributed by atoms with van der Waals surface area (Å²) in [5.41, 5.74) is 6.34. The zero-order valence-corrected chi connectivity index (χ0v) is 10.5. The van der Waals surface area contributed by atoms with E-state index in [1.807, 2.05) is 13.0 Å². The fraction of sp³-hybridized carbons (Fsp3) is 0.583. The molecular weight excluding hydrogens is 218 g/mol. The first-order chi connectivity index (χ1) is 8.27. The summed E-state index contributed by atoms with van der Waals surface area (Å²) in [6.07, 6.45) is 1.88. The summed E-state index contributed by atoms with van der Waals surface area (Å²) in [6, 6.07) is 3.65. The van der Waals surface area contributed by atoms with E-state index in [1.54, 1.807) is 13.2 Å². The van der Waals surface area contributed by atoms with Crippen LogP contribution in [0, 0.1) is 0 Å². The van der Waals surface area contributed by atoms with E-state index in [-0.39, 0.29) is 0 Å². The molecule has 0 atom stereocenters. The molecule has 1 rings (SSSR count). The van der Waals surface area contributed by atoms with Crippen molar-refractivity contribution in [1.82, 2.24) is 4.98 Å². The van der Waals surface area contributed by atoms with Crippen LogP contribution in [0.3, 0.4) is 0 Å². The molecule has 17 heavy (non-hydrogen) atoms. The number of ether oxygens (including phenoxy) is 2. The molecule has 1 aromatic heterocycles. The lowest BCUT2D eigenvalue weighted by Crippen LogP contribution is -2.08. The van der Waals surface area contributed by atoms with E-state index in [0.29, 0.717) is 18.2 Å². The Morgan fingerprint density at radius 2 is 2.18 bits per heavy atom. The molecule has 0 saturated carbocycles. The van der Waals surface area contributed by atoms with Crippen LogP contribution in [0.2, 0.25) is 0 Å². The van der Waals surface area contributed by atoms with Gasteiger partial charge in [0.2, 0.25) is 5.88 Å². The topological polar surface area (TPSA) is 69.4 Å². The van der Waals surface area contributed by atoms with Crippen LogP contribution < -0.4 is 15.8 Å². The van der Waals surface area contributed by atoms with Gasteiger partial charge in [0.15, 0.2) is 0 Å². The first kappa shape index (κ1) is 13.6. The van der Waals surface area contributed by atoms with Gasteiger partial charge in [0, 0.05) is 20.3 Å². The Bertz CT molecular complexity index is 332. The number of nitrogens with zero attached hydrogens (tertiary/aromatic N) is 1. The molecule has 96 valence electrons. The molecule has 0 unspecified atom stereocenters. The molecule has 1 aromatic rings. The number of hydrogen-bond acceptors (Lipinski definition) is 5. The van der Waals surface area contributed by atoms with Crippen LogP contribution in [-0.2, 0) is 4.74 Å². The van der Waals surface area contributed by atoms with Gasteiger partial charge in [0.05, 0.1) is 12.3 Å². The average Bonchev–Trinajstić information content (AvgIpc) is 2.35. The van der Waals surface area contributed by atoms with Crippen molar-refractivity contribution in [3.63, 3.8) is 0 Å². The molecule has 0 spiro atoms. The zero-order chi connectivity index (χ0) is 12.5. The Hall–Kier alpha value is -1.49. The molecule has 0 radical (unpaired) electrons. The van der Waals surface area contributed by atoms with E-state index in [4.69, 9.17) is 15.2 Å². The molecular formula is C12H21N3O2. The molecule has 5 heteroatoms. The maximum Gasteiger partial charge on any atom is 0.239 e. The Labute approximate surface area is 102 Å². The summed E-state index contributed by atoms with van der Waals surface area (Å²) in [4.78, 5) is 4.31. The number of hydrogen-bond donors (Lipinski definition) is 2. The Kier molecular flexibility index (Phi) is 6.17. The first-order valence-electron chi connectivity index (χ1n) is 5.90. The van der Waals surface area contributed by atoms with E-state index >= 15 is 0 Å². The molecule has 5 nitrogen and oxygen atoms in total. The van der Waals surface area contributed by atoms with Gasteiger partial charge in [-0.1, -0.05) is 6.92 Å². The lowest BCUT2D eigenvalue weighted by molar-refractivity contribution is 0.197. The van der Waals surface area contributed by atoms with Crippen molar-refractivity contribution in [3.8, 4) is 5.88 Å². The molecule has 0 fully saturated rings. The molecule has 1 heterocycles. The Morgan fingerprint density at radius 1 is 1.35 bits per heavy atom. The molecule has 0 aliphatic heterocycles. The number of nitrogens with one attached hydrogen (secondary N) is 1. The SMILES string of the molecule is CCCOc1nc(NCCCOC)ccc1N. The minimum Gasteiger partial charge on any atom is -0.476 e. The predicted molar refractivity (Wildman–Crippen MR) is 69.4 cm³/mol. The third-order valence-corrected chi connectivity index (χ3v) is 2.16. The van der Waals surface area contributed by atoms with Gasteiger partial charge < -0.3 is 20.5 Å². The Morgan fingerprint density at radius 3 is 2.88 bits per heavy atom. The monoisotopic (exact) mass is 239 g/mol. The van der Waals surface area contributed by atoms with Gasteiger partial charge in [0.1, 0.15) is 5.82 Å². The maximum atomic E-state index is 5.77. The highest BCUT2D eigenvalue weighted by Gasteiger charge is 2.03. The van der Waals surface area contributed by atoms with E-state index in [0.717, 1.165) is 31.8 Å². The van der Waals surface area contributed by atoms with Gasteiger partial charge >= 0.3 is 0 Å². The Balaban J connectivity index is 2.49. The van der Waals surface area contributed by atoms with Crippen LogP contribution >= 0.6 is 0 Å². The second-order valence-corrected chi connectivity index (χ2v) is 3.71. The predicted octanol–water partition coefficient (Wildman–Crippen LogP) is 1.90. The molecule has 0 saturated heterocycles. The van der Waals surface area contributed by atoms with Crippen molar-refractivity contribution in [2.24, 2.45) is 0 Å². The number of methoxy groups -OCH3 is 1. The van der Waals surface area contributed by atoms with Gasteiger partial charge in [-0.15, -0.1) is 0 Å². The number of rotatable bonds is 8. The van der Waals surface area contributed by atoms with Crippen LogP contribution in [0.1, 0.15) is 19.8 Å². The normalized spacial score (nSPS) is 10.2. The van der Waals surface area contributed by atoms with Crippen molar-refractivity contribution in [2.75, 3.05) is 37.9 Å². The molecule has 0 aliphatic carbocycles. The fourth-order valence-corrected chi connectivity index (χ4v) is 1.30. The lowest BCUT2D eigenvalue weighted by atomic mass is 10.4. The summed E-state index contributed by atoms with van der Waals surface area (Å²) < 4.78 is 10.4. The largest absolute Gasteiger partial charge is 0.476 e. The van der Waals surface area contributed by atoms with Gasteiger partial charge in [-0.2, -0.15) is 4.98 Å². The molecule has 0 bridgehead atoms. The highest BCUT2D eigenvalue weighted by molar-refractivity contribution is 5.53. The molecule has 0 amide bonds. The van der Waals surface area contributed by atoms with Crippen molar-refractivity contribution >= 4 is 11.5 Å². The van der Waals surface area contributed by atoms with Crippen LogP contribution in [0.5, 0.6) is 5.88 Å². The highest BCUT2D eigenvalue weighted by Crippen LogP contribution is 2.20. The van der Waals surface area contributed by atoms with Crippen molar-refractivity contribution in [1.29, 1.82) is 0 Å². The van der Waals surface area contributed by atoms with Crippen LogP contribution in [-0.4, -0.2) is 31.9 Å². The fourth-order valence-electron chi connectivity index (χ4n) is 1.30. The second-order valence-electron chi connectivity index (χ2n) is 3.71. The van der Waals surface area contributed by atoms with Gasteiger partial charge in [-0.25, -0.2) is 0 Å². The van der Waals surface area contributed by atoms with Crippen molar-refractivity contribution < 1.29 is 9.47 Å². The number of nitrogen functional groups attached to an aromatic ring is 1. The van der Waals surface area contributed by atoms with Crippen LogP contribution in [0.4, 0.5) is 11.5 Å². The average molecular weight is 239 g/mol. The second kappa shape index (κ2) is 7.73. The maximum absolute atomic E-state index is 5.77. The third-order valence-electron chi connectivity index (χ3n) is 2.16. The minimum absolute atomic E-state index is 0.503. The molecule has 0 aliphatic rings. The van der Waals surface area contributed by atoms with Crippen LogP contribution in [0.25, 0.3) is 0 Å². The number of anilines is 2. The summed E-state index contributed by atoms with van der Waals surface area (Å²) >= 11 is 0. The smallest absolute Gasteiger partial charge is 0.239 e. The summed E-state index contributed by atoms with van der Waals surface area (Å²) in [7, 11) is 1.69. The first-order valence-corrected chi connectivity index (χ1v) is 5.90. The number of nitrogens with two attached hydrogens (primary N) is 1. The quantitative estimate of drug-likeness (QED) is 0.678. The zero-order valence-electron chi connectivity index (χ0n) is 10.5. The standard InChI is InChI=1S/C12H21N3O2/c1-3-8-17-12-10(13)5-6-11(15-12)14-7-4-9-16-2/h5-6H,3-4,7-9,13H2,1-2H3,(H,14,15). The van der Waals surface area contributed by atoms with Gasteiger partial charge in [-0.05, 0) is 25.0 Å². The van der Waals surface area contributed by atoms with E-state index in [2.05, 4.69) is 10.3 Å². The van der Waals surface area contributed by atoms with E-state index in [9.17, 15) is 0 Å². The minimum atomic E-state index is 0.503. The summed E-state index contributed by atoms with van der Waals surface area (Å²) in [6.45, 7) is 4.23. The summed E-state index contributed by atoms with van der Waals surface area (Å²) in [5.74, 6) is 1.28. The lowest BCUT2D eigenvalue weighted by Gasteiger charge is -2.10. The summed E-state index contributed by atoms with van der Waals surface area (Å²) in [5, 5.41) is 3.20. The third kappa shape index (κ3) is 4.91. The highest BCUT2D eigenvalue weighted by atomic mass is 16.5. The van der Waals surface area contributed by atoms with Crippen molar-refractivity contribution in [2.45, 2.75) is 19.8 Å². The van der Waals surface area contributed by atoms with Gasteiger partial charge in [0.25, 0.3) is 0 Å². The molecule has 3 N–H and O–H groups in total. The number of pyridine rings is 1.